The van der Waals surface area contributed by atoms with Gasteiger partial charge in [0, 0.05) is 5.56 Å². The maximum absolute atomic E-state index is 14.2. The highest BCUT2D eigenvalue weighted by atomic mass is 32.1. The van der Waals surface area contributed by atoms with Crippen LogP contribution in [0.2, 0.25) is 0 Å². The largest absolute Gasteiger partial charge is 0.468 e. The summed E-state index contributed by atoms with van der Waals surface area (Å²) in [6.07, 6.45) is 0. The molecule has 0 radical (unpaired) electrons. The Morgan fingerprint density at radius 3 is 2.65 bits per heavy atom. The molecule has 0 spiro atoms. The Bertz CT molecular complexity index is 1110. The number of esters is 1. The topological polar surface area (TPSA) is 84.5 Å². The predicted octanol–water partition coefficient (Wildman–Crippen LogP) is 2.63. The Morgan fingerprint density at radius 2 is 2.00 bits per heavy atom. The van der Waals surface area contributed by atoms with Crippen molar-refractivity contribution in [3.05, 3.63) is 64.2 Å². The SMILES string of the molecule is COC(=O)Cn1c(=NC(=O)c2ccc(C#N)cc2)sc2cccc(F)c21. The van der Waals surface area contributed by atoms with Crippen molar-refractivity contribution < 1.29 is 18.7 Å². The monoisotopic (exact) mass is 369 g/mol. The number of para-hydroxylation sites is 1. The number of benzene rings is 2. The van der Waals surface area contributed by atoms with Crippen molar-refractivity contribution in [2.45, 2.75) is 6.54 Å². The van der Waals surface area contributed by atoms with Crippen LogP contribution in [0, 0.1) is 17.1 Å². The quantitative estimate of drug-likeness (QED) is 0.665. The minimum Gasteiger partial charge on any atom is -0.468 e. The molecule has 1 amide bonds. The van der Waals surface area contributed by atoms with Crippen molar-refractivity contribution in [1.82, 2.24) is 4.57 Å². The van der Waals surface area contributed by atoms with E-state index in [2.05, 4.69) is 9.73 Å². The molecule has 0 N–H and O–H groups in total. The van der Waals surface area contributed by atoms with Crippen LogP contribution < -0.4 is 4.80 Å². The first-order valence-electron chi connectivity index (χ1n) is 7.47. The number of carbonyl (C=O) groups excluding carboxylic acids is 2. The average Bonchev–Trinajstić information content (AvgIpc) is 3.00. The fourth-order valence-corrected chi connectivity index (χ4v) is 3.39. The van der Waals surface area contributed by atoms with Crippen LogP contribution >= 0.6 is 11.3 Å². The van der Waals surface area contributed by atoms with Crippen LogP contribution in [-0.2, 0) is 16.1 Å². The van der Waals surface area contributed by atoms with Gasteiger partial charge < -0.3 is 9.30 Å². The molecule has 6 nitrogen and oxygen atoms in total. The van der Waals surface area contributed by atoms with Crippen LogP contribution in [0.25, 0.3) is 10.2 Å². The van der Waals surface area contributed by atoms with E-state index in [0.29, 0.717) is 10.3 Å². The summed E-state index contributed by atoms with van der Waals surface area (Å²) in [4.78, 5) is 28.3. The first kappa shape index (κ1) is 17.5. The second-order valence-corrected chi connectivity index (χ2v) is 6.25. The molecule has 0 atom stereocenters. The molecule has 0 saturated heterocycles. The van der Waals surface area contributed by atoms with Gasteiger partial charge >= 0.3 is 5.97 Å². The van der Waals surface area contributed by atoms with E-state index < -0.39 is 17.7 Å². The highest BCUT2D eigenvalue weighted by Crippen LogP contribution is 2.20. The first-order valence-corrected chi connectivity index (χ1v) is 8.29. The van der Waals surface area contributed by atoms with Gasteiger partial charge in [0.1, 0.15) is 12.4 Å². The lowest BCUT2D eigenvalue weighted by Crippen LogP contribution is -2.22. The molecule has 2 aromatic carbocycles. The maximum Gasteiger partial charge on any atom is 0.325 e. The van der Waals surface area contributed by atoms with Gasteiger partial charge in [-0.3, -0.25) is 9.59 Å². The van der Waals surface area contributed by atoms with Gasteiger partial charge in [0.2, 0.25) is 0 Å². The molecular formula is C18H12FN3O3S. The summed E-state index contributed by atoms with van der Waals surface area (Å²) in [6.45, 7) is -0.267. The van der Waals surface area contributed by atoms with E-state index in [9.17, 15) is 14.0 Å². The number of amides is 1. The van der Waals surface area contributed by atoms with Crippen molar-refractivity contribution in [1.29, 1.82) is 5.26 Å². The van der Waals surface area contributed by atoms with Gasteiger partial charge in [0.15, 0.2) is 4.80 Å². The van der Waals surface area contributed by atoms with Gasteiger partial charge in [-0.25, -0.2) is 4.39 Å². The van der Waals surface area contributed by atoms with Crippen molar-refractivity contribution in [3.63, 3.8) is 0 Å². The third-order valence-electron chi connectivity index (χ3n) is 3.62. The Kier molecular flexibility index (Phi) is 4.91. The zero-order valence-electron chi connectivity index (χ0n) is 13.6. The zero-order valence-corrected chi connectivity index (χ0v) is 14.4. The number of halogens is 1. The lowest BCUT2D eigenvalue weighted by molar-refractivity contribution is -0.141. The van der Waals surface area contributed by atoms with E-state index in [0.717, 1.165) is 11.3 Å². The third-order valence-corrected chi connectivity index (χ3v) is 4.67. The van der Waals surface area contributed by atoms with Crippen LogP contribution in [0.15, 0.2) is 47.5 Å². The average molecular weight is 369 g/mol. The molecular weight excluding hydrogens is 357 g/mol. The number of fused-ring (bicyclic) bond motifs is 1. The summed E-state index contributed by atoms with van der Waals surface area (Å²) in [5.41, 5.74) is 0.895. The van der Waals surface area contributed by atoms with Gasteiger partial charge in [-0.15, -0.1) is 0 Å². The van der Waals surface area contributed by atoms with Gasteiger partial charge in [-0.1, -0.05) is 17.4 Å². The maximum atomic E-state index is 14.2. The van der Waals surface area contributed by atoms with Crippen molar-refractivity contribution in [2.24, 2.45) is 4.99 Å². The Hall–Kier alpha value is -3.31. The standard InChI is InChI=1S/C18H12FN3O3S/c1-25-15(23)10-22-16-13(19)3-2-4-14(16)26-18(22)21-17(24)12-7-5-11(9-20)6-8-12/h2-8H,10H2,1H3. The molecule has 0 aliphatic heterocycles. The molecule has 8 heteroatoms. The molecule has 3 aromatic rings. The lowest BCUT2D eigenvalue weighted by Gasteiger charge is -2.04. The van der Waals surface area contributed by atoms with Crippen molar-refractivity contribution in [2.75, 3.05) is 7.11 Å². The fourth-order valence-electron chi connectivity index (χ4n) is 2.35. The van der Waals surface area contributed by atoms with Gasteiger partial charge in [0.05, 0.1) is 29.0 Å². The highest BCUT2D eigenvalue weighted by Gasteiger charge is 2.15. The summed E-state index contributed by atoms with van der Waals surface area (Å²) in [6, 6.07) is 12.5. The normalized spacial score (nSPS) is 11.3. The van der Waals surface area contributed by atoms with E-state index in [1.165, 1.54) is 42.0 Å². The van der Waals surface area contributed by atoms with Crippen molar-refractivity contribution >= 4 is 33.4 Å². The number of ether oxygens (including phenoxy) is 1. The molecule has 0 saturated carbocycles. The lowest BCUT2D eigenvalue weighted by atomic mass is 10.1. The molecule has 1 aromatic heterocycles. The van der Waals surface area contributed by atoms with Gasteiger partial charge in [-0.2, -0.15) is 10.3 Å². The van der Waals surface area contributed by atoms with E-state index >= 15 is 0 Å². The van der Waals surface area contributed by atoms with E-state index in [1.807, 2.05) is 6.07 Å². The molecule has 0 aliphatic rings. The molecule has 0 aliphatic carbocycles. The van der Waals surface area contributed by atoms with Gasteiger partial charge in [-0.05, 0) is 36.4 Å². The summed E-state index contributed by atoms with van der Waals surface area (Å²) < 4.78 is 20.8. The Labute approximate surface area is 151 Å². The molecule has 1 heterocycles. The Balaban J connectivity index is 2.13. The molecule has 0 unspecified atom stereocenters. The summed E-state index contributed by atoms with van der Waals surface area (Å²) in [5.74, 6) is -1.66. The second-order valence-electron chi connectivity index (χ2n) is 5.24. The summed E-state index contributed by atoms with van der Waals surface area (Å²) >= 11 is 1.10. The number of hydrogen-bond acceptors (Lipinski definition) is 5. The van der Waals surface area contributed by atoms with Crippen LogP contribution in [0.3, 0.4) is 0 Å². The number of rotatable bonds is 3. The minimum atomic E-state index is -0.583. The van der Waals surface area contributed by atoms with Crippen LogP contribution in [0.4, 0.5) is 4.39 Å². The number of methoxy groups -OCH3 is 1. The number of aromatic nitrogens is 1. The molecule has 130 valence electrons. The number of thiazole rings is 1. The zero-order chi connectivity index (χ0) is 18.7. The van der Waals surface area contributed by atoms with Crippen LogP contribution in [0.5, 0.6) is 0 Å². The molecule has 26 heavy (non-hydrogen) atoms. The highest BCUT2D eigenvalue weighted by molar-refractivity contribution is 7.16. The summed E-state index contributed by atoms with van der Waals surface area (Å²) in [7, 11) is 1.23. The van der Waals surface area contributed by atoms with E-state index in [-0.39, 0.29) is 22.4 Å². The predicted molar refractivity (Wildman–Crippen MR) is 92.8 cm³/mol. The number of hydrogen-bond donors (Lipinski definition) is 0. The fraction of sp³-hybridized carbons (Fsp3) is 0.111. The number of carbonyl (C=O) groups is 2. The van der Waals surface area contributed by atoms with E-state index in [4.69, 9.17) is 5.26 Å². The third kappa shape index (κ3) is 3.38. The molecule has 0 fully saturated rings. The van der Waals surface area contributed by atoms with Crippen molar-refractivity contribution in [3.8, 4) is 6.07 Å². The Morgan fingerprint density at radius 1 is 1.27 bits per heavy atom. The first-order chi connectivity index (χ1) is 12.5. The van der Waals surface area contributed by atoms with E-state index in [1.54, 1.807) is 12.1 Å². The van der Waals surface area contributed by atoms with Crippen LogP contribution in [0.1, 0.15) is 15.9 Å². The molecule has 0 bridgehead atoms. The number of nitriles is 1. The molecule has 3 rings (SSSR count). The second kappa shape index (κ2) is 7.29. The number of nitrogens with zero attached hydrogens (tertiary/aromatic N) is 3. The van der Waals surface area contributed by atoms with Crippen LogP contribution in [-0.4, -0.2) is 23.6 Å². The smallest absolute Gasteiger partial charge is 0.325 e. The summed E-state index contributed by atoms with van der Waals surface area (Å²) in [5, 5.41) is 8.81. The van der Waals surface area contributed by atoms with Gasteiger partial charge in [0.25, 0.3) is 5.91 Å². The minimum absolute atomic E-state index is 0.185.